The molecule has 0 aliphatic heterocycles. The number of benzene rings is 3. The summed E-state index contributed by atoms with van der Waals surface area (Å²) < 4.78 is 13.1. The molecule has 1 aromatic heterocycles. The second kappa shape index (κ2) is 10.1. The van der Waals surface area contributed by atoms with E-state index >= 15 is 0 Å². The Bertz CT molecular complexity index is 1320. The molecule has 3 N–H and O–H groups in total. The number of hydrogen-bond acceptors (Lipinski definition) is 4. The Labute approximate surface area is 193 Å². The largest absolute Gasteiger partial charge is 0.493 e. The van der Waals surface area contributed by atoms with E-state index in [1.54, 1.807) is 6.20 Å². The van der Waals surface area contributed by atoms with E-state index in [1.165, 1.54) is 0 Å². The molecule has 0 spiro atoms. The highest BCUT2D eigenvalue weighted by atomic mass is 32.2. The minimum Gasteiger partial charge on any atom is -0.493 e. The van der Waals surface area contributed by atoms with Gasteiger partial charge in [-0.05, 0) is 29.4 Å². The highest BCUT2D eigenvalue weighted by molar-refractivity contribution is 7.93. The van der Waals surface area contributed by atoms with Gasteiger partial charge < -0.3 is 15.4 Å². The summed E-state index contributed by atoms with van der Waals surface area (Å²) in [5, 5.41) is 21.9. The smallest absolute Gasteiger partial charge is 0.218 e. The normalized spacial score (nSPS) is 12.8. The lowest BCUT2D eigenvalue weighted by molar-refractivity contribution is 0.459. The second-order valence-electron chi connectivity index (χ2n) is 6.87. The molecule has 3 aromatic carbocycles. The molecule has 4 aromatic rings. The molecule has 160 valence electrons. The molecule has 0 saturated heterocycles. The van der Waals surface area contributed by atoms with Gasteiger partial charge in [-0.3, -0.25) is 4.21 Å². The maximum absolute atomic E-state index is 13.1. The lowest BCUT2D eigenvalue weighted by Crippen LogP contribution is -2.13. The number of H-pyrrole nitrogens is 1. The lowest BCUT2D eigenvalue weighted by atomic mass is 10.2. The summed E-state index contributed by atoms with van der Waals surface area (Å²) in [4.78, 5) is 3.45. The second-order valence-corrected chi connectivity index (χ2v) is 8.67. The molecule has 0 fully saturated rings. The van der Waals surface area contributed by atoms with E-state index < -0.39 is 10.8 Å². The van der Waals surface area contributed by atoms with Gasteiger partial charge in [-0.15, -0.1) is 10.2 Å². The van der Waals surface area contributed by atoms with Crippen molar-refractivity contribution in [3.8, 4) is 5.88 Å². The number of para-hydroxylation sites is 1. The number of aromatic amines is 1. The minimum absolute atomic E-state index is 0.0813. The van der Waals surface area contributed by atoms with Crippen molar-refractivity contribution in [2.24, 2.45) is 10.2 Å². The van der Waals surface area contributed by atoms with Gasteiger partial charge in [0.1, 0.15) is 0 Å². The molecule has 4 rings (SSSR count). The van der Waals surface area contributed by atoms with Crippen LogP contribution in [0.15, 0.2) is 101 Å². The maximum Gasteiger partial charge on any atom is 0.218 e. The van der Waals surface area contributed by atoms with E-state index in [1.807, 2.05) is 84.9 Å². The third kappa shape index (κ3) is 5.16. The first-order chi connectivity index (χ1) is 15.6. The monoisotopic (exact) mass is 460 g/mol. The fraction of sp³-hybridized carbons (Fsp3) is 0.0417. The zero-order chi connectivity index (χ0) is 22.3. The molecular formula is C24H20N4O2S2. The predicted molar refractivity (Wildman–Crippen MR) is 133 cm³/mol. The molecule has 8 heteroatoms. The van der Waals surface area contributed by atoms with Crippen LogP contribution in [0.2, 0.25) is 0 Å². The van der Waals surface area contributed by atoms with E-state index in [2.05, 4.69) is 20.5 Å². The first-order valence-electron chi connectivity index (χ1n) is 9.81. The van der Waals surface area contributed by atoms with E-state index in [-0.39, 0.29) is 11.0 Å². The predicted octanol–water partition coefficient (Wildman–Crippen LogP) is 5.78. The van der Waals surface area contributed by atoms with Crippen LogP contribution in [-0.4, -0.2) is 19.4 Å². The van der Waals surface area contributed by atoms with Gasteiger partial charge in [0.2, 0.25) is 11.0 Å². The zero-order valence-electron chi connectivity index (χ0n) is 16.9. The molecular weight excluding hydrogens is 440 g/mol. The molecule has 0 bridgehead atoms. The van der Waals surface area contributed by atoms with E-state index in [0.717, 1.165) is 22.0 Å². The maximum atomic E-state index is 13.1. The van der Waals surface area contributed by atoms with Crippen molar-refractivity contribution in [1.29, 1.82) is 0 Å². The average Bonchev–Trinajstić information content (AvgIpc) is 3.14. The van der Waals surface area contributed by atoms with Crippen molar-refractivity contribution in [1.82, 2.24) is 10.3 Å². The van der Waals surface area contributed by atoms with Gasteiger partial charge >= 0.3 is 0 Å². The Hall–Kier alpha value is -3.62. The highest BCUT2D eigenvalue weighted by Crippen LogP contribution is 2.35. The number of rotatable bonds is 6. The number of thiocarbonyl (C=S) groups is 1. The molecule has 1 heterocycles. The number of aromatic hydroxyl groups is 1. The van der Waals surface area contributed by atoms with Gasteiger partial charge in [-0.25, -0.2) is 0 Å². The number of azo groups is 1. The summed E-state index contributed by atoms with van der Waals surface area (Å²) >= 11 is 5.27. The van der Waals surface area contributed by atoms with Crippen molar-refractivity contribution in [3.63, 3.8) is 0 Å². The summed E-state index contributed by atoms with van der Waals surface area (Å²) in [5.74, 6) is 0.294. The molecule has 0 saturated carbocycles. The zero-order valence-corrected chi connectivity index (χ0v) is 18.6. The number of nitrogens with zero attached hydrogens (tertiary/aromatic N) is 2. The highest BCUT2D eigenvalue weighted by Gasteiger charge is 2.12. The topological polar surface area (TPSA) is 89.8 Å². The van der Waals surface area contributed by atoms with Gasteiger partial charge in [0.25, 0.3) is 0 Å². The van der Waals surface area contributed by atoms with Gasteiger partial charge in [-0.1, -0.05) is 78.9 Å². The van der Waals surface area contributed by atoms with Gasteiger partial charge in [0.05, 0.1) is 27.0 Å². The van der Waals surface area contributed by atoms with Crippen molar-refractivity contribution in [2.75, 3.05) is 0 Å². The van der Waals surface area contributed by atoms with E-state index in [0.29, 0.717) is 16.3 Å². The number of hydrogen-bond donors (Lipinski definition) is 3. The molecule has 32 heavy (non-hydrogen) atoms. The Kier molecular flexibility index (Phi) is 6.84. The molecule has 6 nitrogen and oxygen atoms in total. The lowest BCUT2D eigenvalue weighted by Gasteiger charge is -2.09. The van der Waals surface area contributed by atoms with Crippen molar-refractivity contribution in [3.05, 3.63) is 102 Å². The molecule has 1 atom stereocenters. The average molecular weight is 461 g/mol. The van der Waals surface area contributed by atoms with Crippen molar-refractivity contribution in [2.45, 2.75) is 5.75 Å². The number of aromatic nitrogens is 1. The number of nitrogens with one attached hydrogen (secondary N) is 2. The van der Waals surface area contributed by atoms with Crippen LogP contribution < -0.4 is 5.32 Å². The Morgan fingerprint density at radius 2 is 1.66 bits per heavy atom. The SMILES string of the molecule is O=S(Cc1ccccc1)/C(=C\NC(=S)N=Nc1c(O)[nH]c2ccccc12)c1ccccc1. The van der Waals surface area contributed by atoms with Crippen LogP contribution >= 0.6 is 12.2 Å². The summed E-state index contributed by atoms with van der Waals surface area (Å²) in [6.45, 7) is 0. The van der Waals surface area contributed by atoms with Crippen LogP contribution in [0.5, 0.6) is 5.88 Å². The first-order valence-corrected chi connectivity index (χ1v) is 11.5. The van der Waals surface area contributed by atoms with Crippen LogP contribution in [0.25, 0.3) is 15.8 Å². The van der Waals surface area contributed by atoms with Gasteiger partial charge in [-0.2, -0.15) is 0 Å². The summed E-state index contributed by atoms with van der Waals surface area (Å²) in [6, 6.07) is 26.5. The van der Waals surface area contributed by atoms with Crippen molar-refractivity contribution >= 4 is 49.6 Å². The van der Waals surface area contributed by atoms with Gasteiger partial charge in [0.15, 0.2) is 5.69 Å². The number of fused-ring (bicyclic) bond motifs is 1. The fourth-order valence-corrected chi connectivity index (χ4v) is 4.49. The Balaban J connectivity index is 1.54. The summed E-state index contributed by atoms with van der Waals surface area (Å²) in [5.41, 5.74) is 2.86. The minimum atomic E-state index is -1.31. The van der Waals surface area contributed by atoms with Crippen molar-refractivity contribution < 1.29 is 9.32 Å². The van der Waals surface area contributed by atoms with Crippen LogP contribution in [-0.2, 0) is 16.6 Å². The Morgan fingerprint density at radius 3 is 2.41 bits per heavy atom. The van der Waals surface area contributed by atoms with Crippen LogP contribution in [0, 0.1) is 0 Å². The van der Waals surface area contributed by atoms with E-state index in [4.69, 9.17) is 12.2 Å². The standard InChI is InChI=1S/C24H20N4O2S2/c29-23-22(19-13-7-8-14-20(19)26-23)27-28-24(31)25-15-21(18-11-5-2-6-12-18)32(30)16-17-9-3-1-4-10-17/h1-15,26,29H,16H2,(H,25,31)/b21-15-,28-27?. The van der Waals surface area contributed by atoms with Crippen LogP contribution in [0.3, 0.4) is 0 Å². The first kappa shape index (κ1) is 21.6. The summed E-state index contributed by atoms with van der Waals surface area (Å²) in [7, 11) is -1.31. The molecule has 1 unspecified atom stereocenters. The van der Waals surface area contributed by atoms with Crippen LogP contribution in [0.1, 0.15) is 11.1 Å². The quantitative estimate of drug-likeness (QED) is 0.251. The third-order valence-electron chi connectivity index (χ3n) is 4.67. The molecule has 0 radical (unpaired) electrons. The molecule has 0 aliphatic carbocycles. The summed E-state index contributed by atoms with van der Waals surface area (Å²) in [6.07, 6.45) is 1.60. The Morgan fingerprint density at radius 1 is 1.00 bits per heavy atom. The van der Waals surface area contributed by atoms with E-state index in [9.17, 15) is 9.32 Å². The molecule has 0 amide bonds. The fourth-order valence-electron chi connectivity index (χ4n) is 3.15. The third-order valence-corrected chi connectivity index (χ3v) is 6.31. The van der Waals surface area contributed by atoms with Crippen LogP contribution in [0.4, 0.5) is 5.69 Å². The molecule has 0 aliphatic rings. The van der Waals surface area contributed by atoms with Gasteiger partial charge in [0, 0.05) is 11.6 Å².